The molecule has 0 aromatic carbocycles. The molecule has 1 aromatic heterocycles. The Bertz CT molecular complexity index is 555. The molecular formula is C13H22N4O2. The molecule has 0 saturated heterocycles. The standard InChI is InChI=1S/C13H22N4O2/c1-3-17-11(14)10(12(18)16-13(17)19)15-8(2)9-6-4-5-7-9/h8-9,15H,3-7,14H2,1-2H3,(H,16,18,19). The van der Waals surface area contributed by atoms with Crippen LogP contribution in [0, 0.1) is 5.92 Å². The van der Waals surface area contributed by atoms with E-state index >= 15 is 0 Å². The summed E-state index contributed by atoms with van der Waals surface area (Å²) in [5.41, 5.74) is 5.36. The predicted octanol–water partition coefficient (Wildman–Crippen LogP) is 1.13. The highest BCUT2D eigenvalue weighted by atomic mass is 16.2. The van der Waals surface area contributed by atoms with Gasteiger partial charge in [0.1, 0.15) is 11.5 Å². The maximum Gasteiger partial charge on any atom is 0.330 e. The Balaban J connectivity index is 2.29. The van der Waals surface area contributed by atoms with Crippen molar-refractivity contribution in [1.82, 2.24) is 9.55 Å². The molecule has 1 fully saturated rings. The van der Waals surface area contributed by atoms with Gasteiger partial charge < -0.3 is 11.1 Å². The molecule has 4 N–H and O–H groups in total. The maximum absolute atomic E-state index is 11.9. The lowest BCUT2D eigenvalue weighted by atomic mass is 10.00. The Morgan fingerprint density at radius 2 is 2.05 bits per heavy atom. The zero-order valence-electron chi connectivity index (χ0n) is 11.5. The van der Waals surface area contributed by atoms with E-state index in [-0.39, 0.29) is 11.9 Å². The molecule has 0 bridgehead atoms. The maximum atomic E-state index is 11.9. The average Bonchev–Trinajstić information content (AvgIpc) is 2.88. The summed E-state index contributed by atoms with van der Waals surface area (Å²) >= 11 is 0. The van der Waals surface area contributed by atoms with E-state index in [1.165, 1.54) is 30.3 Å². The van der Waals surface area contributed by atoms with Crippen LogP contribution in [0.15, 0.2) is 9.59 Å². The molecule has 1 aliphatic carbocycles. The Morgan fingerprint density at radius 1 is 1.42 bits per heavy atom. The molecule has 1 atom stereocenters. The molecule has 1 aliphatic rings. The average molecular weight is 266 g/mol. The van der Waals surface area contributed by atoms with Gasteiger partial charge >= 0.3 is 5.69 Å². The fourth-order valence-electron chi connectivity index (χ4n) is 2.84. The summed E-state index contributed by atoms with van der Waals surface area (Å²) in [6, 6.07) is 0.189. The first-order valence-corrected chi connectivity index (χ1v) is 6.93. The Kier molecular flexibility index (Phi) is 3.97. The van der Waals surface area contributed by atoms with E-state index in [9.17, 15) is 9.59 Å². The largest absolute Gasteiger partial charge is 0.383 e. The minimum Gasteiger partial charge on any atom is -0.383 e. The van der Waals surface area contributed by atoms with Crippen molar-refractivity contribution in [3.05, 3.63) is 20.8 Å². The van der Waals surface area contributed by atoms with Gasteiger partial charge in [-0.25, -0.2) is 4.79 Å². The number of nitrogens with two attached hydrogens (primary N) is 1. The van der Waals surface area contributed by atoms with Gasteiger partial charge in [-0.3, -0.25) is 14.3 Å². The number of hydrogen-bond acceptors (Lipinski definition) is 4. The van der Waals surface area contributed by atoms with Crippen LogP contribution in [-0.4, -0.2) is 15.6 Å². The second-order valence-corrected chi connectivity index (χ2v) is 5.24. The summed E-state index contributed by atoms with van der Waals surface area (Å²) in [5.74, 6) is 0.793. The van der Waals surface area contributed by atoms with Crippen LogP contribution < -0.4 is 22.3 Å². The summed E-state index contributed by atoms with van der Waals surface area (Å²) in [6.45, 7) is 4.32. The normalized spacial score (nSPS) is 17.6. The quantitative estimate of drug-likeness (QED) is 0.761. The van der Waals surface area contributed by atoms with Gasteiger partial charge in [0.25, 0.3) is 5.56 Å². The molecule has 6 nitrogen and oxygen atoms in total. The molecule has 19 heavy (non-hydrogen) atoms. The minimum atomic E-state index is -0.455. The summed E-state index contributed by atoms with van der Waals surface area (Å²) < 4.78 is 1.37. The molecule has 2 rings (SSSR count). The van der Waals surface area contributed by atoms with Crippen LogP contribution >= 0.6 is 0 Å². The molecule has 1 heterocycles. The van der Waals surface area contributed by atoms with Crippen LogP contribution in [-0.2, 0) is 6.54 Å². The fourth-order valence-corrected chi connectivity index (χ4v) is 2.84. The van der Waals surface area contributed by atoms with Crippen molar-refractivity contribution in [2.75, 3.05) is 11.1 Å². The van der Waals surface area contributed by atoms with Crippen LogP contribution in [0.5, 0.6) is 0 Å². The third kappa shape index (κ3) is 2.67. The van der Waals surface area contributed by atoms with Crippen LogP contribution in [0.2, 0.25) is 0 Å². The van der Waals surface area contributed by atoms with E-state index in [4.69, 9.17) is 5.73 Å². The van der Waals surface area contributed by atoms with E-state index in [1.807, 2.05) is 6.92 Å². The molecule has 6 heteroatoms. The van der Waals surface area contributed by atoms with Crippen molar-refractivity contribution >= 4 is 11.5 Å². The van der Waals surface area contributed by atoms with Gasteiger partial charge in [-0.05, 0) is 32.6 Å². The topological polar surface area (TPSA) is 92.9 Å². The summed E-state index contributed by atoms with van der Waals surface area (Å²) in [5, 5.41) is 3.19. The molecule has 0 radical (unpaired) electrons. The molecule has 0 spiro atoms. The summed E-state index contributed by atoms with van der Waals surface area (Å²) in [7, 11) is 0. The van der Waals surface area contributed by atoms with Crippen LogP contribution in [0.4, 0.5) is 11.5 Å². The second-order valence-electron chi connectivity index (χ2n) is 5.24. The number of nitrogens with zero attached hydrogens (tertiary/aromatic N) is 1. The third-order valence-electron chi connectivity index (χ3n) is 4.03. The van der Waals surface area contributed by atoms with Gasteiger partial charge in [0.2, 0.25) is 0 Å². The lowest BCUT2D eigenvalue weighted by Gasteiger charge is -2.22. The fraction of sp³-hybridized carbons (Fsp3) is 0.692. The van der Waals surface area contributed by atoms with Gasteiger partial charge in [-0.15, -0.1) is 0 Å². The highest BCUT2D eigenvalue weighted by molar-refractivity contribution is 5.60. The molecule has 1 aromatic rings. The number of nitrogen functional groups attached to an aromatic ring is 1. The predicted molar refractivity (Wildman–Crippen MR) is 76.5 cm³/mol. The van der Waals surface area contributed by atoms with Crippen molar-refractivity contribution < 1.29 is 0 Å². The Labute approximate surface area is 112 Å². The Hall–Kier alpha value is -1.72. The lowest BCUT2D eigenvalue weighted by Crippen LogP contribution is -2.36. The van der Waals surface area contributed by atoms with E-state index in [1.54, 1.807) is 0 Å². The van der Waals surface area contributed by atoms with Crippen molar-refractivity contribution in [3.8, 4) is 0 Å². The summed E-state index contributed by atoms with van der Waals surface area (Å²) in [4.78, 5) is 25.8. The molecule has 106 valence electrons. The van der Waals surface area contributed by atoms with Gasteiger partial charge in [0.05, 0.1) is 0 Å². The van der Waals surface area contributed by atoms with E-state index in [0.29, 0.717) is 18.2 Å². The molecule has 0 aliphatic heterocycles. The minimum absolute atomic E-state index is 0.189. The van der Waals surface area contributed by atoms with E-state index < -0.39 is 11.2 Å². The number of aromatic nitrogens is 2. The smallest absolute Gasteiger partial charge is 0.330 e. The number of hydrogen-bond donors (Lipinski definition) is 3. The number of H-pyrrole nitrogens is 1. The highest BCUT2D eigenvalue weighted by Gasteiger charge is 2.23. The first-order chi connectivity index (χ1) is 9.04. The number of anilines is 2. The highest BCUT2D eigenvalue weighted by Crippen LogP contribution is 2.29. The van der Waals surface area contributed by atoms with Crippen molar-refractivity contribution in [2.45, 2.75) is 52.1 Å². The Morgan fingerprint density at radius 3 is 2.63 bits per heavy atom. The van der Waals surface area contributed by atoms with Gasteiger partial charge in [0, 0.05) is 12.6 Å². The second kappa shape index (κ2) is 5.50. The van der Waals surface area contributed by atoms with Crippen molar-refractivity contribution in [3.63, 3.8) is 0 Å². The SMILES string of the molecule is CCn1c(N)c(NC(C)C2CCCC2)c(=O)[nH]c1=O. The lowest BCUT2D eigenvalue weighted by molar-refractivity contribution is 0.481. The van der Waals surface area contributed by atoms with Crippen LogP contribution in [0.1, 0.15) is 39.5 Å². The van der Waals surface area contributed by atoms with Gasteiger partial charge in [0.15, 0.2) is 0 Å². The number of rotatable bonds is 4. The van der Waals surface area contributed by atoms with Crippen LogP contribution in [0.3, 0.4) is 0 Å². The zero-order chi connectivity index (χ0) is 14.0. The first-order valence-electron chi connectivity index (χ1n) is 6.93. The zero-order valence-corrected chi connectivity index (χ0v) is 11.5. The van der Waals surface area contributed by atoms with Crippen molar-refractivity contribution in [2.24, 2.45) is 5.92 Å². The number of aromatic amines is 1. The van der Waals surface area contributed by atoms with Gasteiger partial charge in [-0.1, -0.05) is 12.8 Å². The first kappa shape index (κ1) is 13.7. The molecule has 1 saturated carbocycles. The van der Waals surface area contributed by atoms with E-state index in [2.05, 4.69) is 17.2 Å². The van der Waals surface area contributed by atoms with Crippen LogP contribution in [0.25, 0.3) is 0 Å². The molecule has 1 unspecified atom stereocenters. The van der Waals surface area contributed by atoms with Crippen molar-refractivity contribution in [1.29, 1.82) is 0 Å². The monoisotopic (exact) mass is 266 g/mol. The molecular weight excluding hydrogens is 244 g/mol. The van der Waals surface area contributed by atoms with Gasteiger partial charge in [-0.2, -0.15) is 0 Å². The van der Waals surface area contributed by atoms with E-state index in [0.717, 1.165) is 0 Å². The third-order valence-corrected chi connectivity index (χ3v) is 4.03. The number of nitrogens with one attached hydrogen (secondary N) is 2. The molecule has 0 amide bonds. The summed E-state index contributed by atoms with van der Waals surface area (Å²) in [6.07, 6.45) is 4.85.